The Kier molecular flexibility index (Phi) is 5.52. The second kappa shape index (κ2) is 7.30. The minimum absolute atomic E-state index is 0.162. The van der Waals surface area contributed by atoms with E-state index in [0.29, 0.717) is 0 Å². The summed E-state index contributed by atoms with van der Waals surface area (Å²) in [7, 11) is 0. The van der Waals surface area contributed by atoms with Crippen molar-refractivity contribution in [2.24, 2.45) is 5.41 Å². The van der Waals surface area contributed by atoms with Crippen LogP contribution in [0.2, 0.25) is 5.02 Å². The van der Waals surface area contributed by atoms with Crippen molar-refractivity contribution in [3.63, 3.8) is 0 Å². The molecule has 2 heterocycles. The van der Waals surface area contributed by atoms with Crippen LogP contribution < -0.4 is 0 Å². The Hall–Kier alpha value is -0.650. The zero-order valence-electron chi connectivity index (χ0n) is 14.8. The molecule has 134 valence electrons. The Morgan fingerprint density at radius 1 is 1.12 bits per heavy atom. The van der Waals surface area contributed by atoms with Crippen molar-refractivity contribution in [2.45, 2.75) is 32.4 Å². The Labute approximate surface area is 150 Å². The fraction of sp³-hybridized carbons (Fsp3) is 0.684. The van der Waals surface area contributed by atoms with Gasteiger partial charge in [-0.25, -0.2) is 0 Å². The number of piperidine rings is 1. The molecule has 0 unspecified atom stereocenters. The normalized spacial score (nSPS) is 28.8. The smallest absolute Gasteiger partial charge is 0.0849 e. The van der Waals surface area contributed by atoms with Crippen molar-refractivity contribution in [3.05, 3.63) is 34.9 Å². The predicted molar refractivity (Wildman–Crippen MR) is 97.3 cm³/mol. The summed E-state index contributed by atoms with van der Waals surface area (Å²) in [6, 6.07) is 8.03. The third kappa shape index (κ3) is 3.94. The summed E-state index contributed by atoms with van der Waals surface area (Å²) >= 11 is 6.30. The minimum Gasteiger partial charge on any atom is -0.388 e. The number of ether oxygens (including phenoxy) is 1. The molecule has 0 spiro atoms. The highest BCUT2D eigenvalue weighted by Gasteiger charge is 2.48. The maximum atomic E-state index is 11.4. The summed E-state index contributed by atoms with van der Waals surface area (Å²) in [4.78, 5) is 4.75. The molecule has 0 bridgehead atoms. The van der Waals surface area contributed by atoms with Crippen molar-refractivity contribution in [3.8, 4) is 0 Å². The van der Waals surface area contributed by atoms with Crippen molar-refractivity contribution in [1.82, 2.24) is 9.80 Å². The van der Waals surface area contributed by atoms with E-state index in [4.69, 9.17) is 16.3 Å². The summed E-state index contributed by atoms with van der Waals surface area (Å²) < 4.78 is 5.42. The molecule has 3 rings (SSSR count). The van der Waals surface area contributed by atoms with Gasteiger partial charge < -0.3 is 9.84 Å². The van der Waals surface area contributed by atoms with E-state index in [2.05, 4.69) is 29.7 Å². The van der Waals surface area contributed by atoms with Crippen LogP contribution in [0.5, 0.6) is 0 Å². The van der Waals surface area contributed by atoms with Gasteiger partial charge in [-0.2, -0.15) is 0 Å². The van der Waals surface area contributed by atoms with E-state index in [0.717, 1.165) is 69.5 Å². The van der Waals surface area contributed by atoms with Crippen LogP contribution in [0.4, 0.5) is 0 Å². The molecule has 2 aliphatic rings. The Morgan fingerprint density at radius 3 is 2.50 bits per heavy atom. The Morgan fingerprint density at radius 2 is 1.83 bits per heavy atom. The highest BCUT2D eigenvalue weighted by atomic mass is 35.5. The summed E-state index contributed by atoms with van der Waals surface area (Å²) in [6.45, 7) is 11.1. The number of nitrogens with zero attached hydrogens (tertiary/aromatic N) is 2. The number of rotatable bonds is 4. The predicted octanol–water partition coefficient (Wildman–Crippen LogP) is 2.64. The first kappa shape index (κ1) is 18.2. The van der Waals surface area contributed by atoms with Gasteiger partial charge in [0.05, 0.1) is 18.8 Å². The second-order valence-corrected chi connectivity index (χ2v) is 8.26. The molecule has 0 radical (unpaired) electrons. The van der Waals surface area contributed by atoms with E-state index in [1.165, 1.54) is 0 Å². The molecule has 0 aromatic heterocycles. The highest BCUT2D eigenvalue weighted by Crippen LogP contribution is 2.40. The van der Waals surface area contributed by atoms with E-state index in [-0.39, 0.29) is 5.41 Å². The Bertz CT molecular complexity index is 560. The van der Waals surface area contributed by atoms with Crippen molar-refractivity contribution in [1.29, 1.82) is 0 Å². The number of hydrogen-bond donors (Lipinski definition) is 1. The van der Waals surface area contributed by atoms with Gasteiger partial charge in [-0.05, 0) is 18.1 Å². The summed E-state index contributed by atoms with van der Waals surface area (Å²) in [6.07, 6.45) is 0.793. The van der Waals surface area contributed by atoms with Gasteiger partial charge in [0, 0.05) is 49.7 Å². The van der Waals surface area contributed by atoms with E-state index in [1.54, 1.807) is 0 Å². The van der Waals surface area contributed by atoms with Gasteiger partial charge in [0.15, 0.2) is 0 Å². The minimum atomic E-state index is -0.651. The first-order valence-corrected chi connectivity index (χ1v) is 9.26. The number of morpholine rings is 1. The van der Waals surface area contributed by atoms with Crippen LogP contribution in [0.25, 0.3) is 0 Å². The average Bonchev–Trinajstić information content (AvgIpc) is 2.54. The molecule has 0 saturated carbocycles. The summed E-state index contributed by atoms with van der Waals surface area (Å²) in [5, 5.41) is 12.2. The quantitative estimate of drug-likeness (QED) is 0.903. The molecule has 0 amide bonds. The topological polar surface area (TPSA) is 35.9 Å². The first-order valence-electron chi connectivity index (χ1n) is 8.88. The molecule has 1 N–H and O–H groups in total. The zero-order chi connectivity index (χ0) is 17.2. The standard InChI is InChI=1S/C19H29ClN2O2/c1-18(2)14-22(13-16-5-3-4-6-17(16)20)8-7-19(18,23)15-21-9-11-24-12-10-21/h3-6,23H,7-15H2,1-2H3/t19-/m1/s1. The number of benzene rings is 1. The monoisotopic (exact) mass is 352 g/mol. The molecule has 4 nitrogen and oxygen atoms in total. The third-order valence-corrected chi connectivity index (χ3v) is 6.03. The maximum absolute atomic E-state index is 11.4. The van der Waals surface area contributed by atoms with Crippen LogP contribution in [0.1, 0.15) is 25.8 Å². The van der Waals surface area contributed by atoms with Crippen molar-refractivity contribution >= 4 is 11.6 Å². The highest BCUT2D eigenvalue weighted by molar-refractivity contribution is 6.31. The summed E-state index contributed by atoms with van der Waals surface area (Å²) in [5.74, 6) is 0. The fourth-order valence-corrected chi connectivity index (χ4v) is 4.09. The van der Waals surface area contributed by atoms with Gasteiger partial charge in [0.2, 0.25) is 0 Å². The van der Waals surface area contributed by atoms with E-state index >= 15 is 0 Å². The van der Waals surface area contributed by atoms with Gasteiger partial charge in [0.1, 0.15) is 0 Å². The third-order valence-electron chi connectivity index (χ3n) is 5.66. The molecule has 0 aliphatic carbocycles. The van der Waals surface area contributed by atoms with Gasteiger partial charge in [-0.3, -0.25) is 9.80 Å². The molecule has 2 aliphatic heterocycles. The second-order valence-electron chi connectivity index (χ2n) is 7.86. The first-order chi connectivity index (χ1) is 11.4. The molecule has 1 atom stereocenters. The van der Waals surface area contributed by atoms with Gasteiger partial charge in [-0.15, -0.1) is 0 Å². The fourth-order valence-electron chi connectivity index (χ4n) is 3.89. The van der Waals surface area contributed by atoms with Crippen molar-refractivity contribution in [2.75, 3.05) is 45.9 Å². The van der Waals surface area contributed by atoms with Crippen LogP contribution in [-0.2, 0) is 11.3 Å². The van der Waals surface area contributed by atoms with Crippen molar-refractivity contribution < 1.29 is 9.84 Å². The lowest BCUT2D eigenvalue weighted by Gasteiger charge is -2.52. The SMILES string of the molecule is CC1(C)CN(Cc2ccccc2Cl)CC[C@@]1(O)CN1CCOCC1. The molecule has 1 aromatic carbocycles. The van der Waals surface area contributed by atoms with E-state index < -0.39 is 5.60 Å². The molecular formula is C19H29ClN2O2. The molecule has 2 saturated heterocycles. The number of halogens is 1. The number of β-amino-alcohol motifs (C(OH)–C–C–N with tert-alkyl or cyclic N) is 1. The molecule has 1 aromatic rings. The van der Waals surface area contributed by atoms with Gasteiger partial charge in [-0.1, -0.05) is 43.6 Å². The number of aliphatic hydroxyl groups is 1. The van der Waals surface area contributed by atoms with Crippen LogP contribution in [0, 0.1) is 5.41 Å². The molecule has 5 heteroatoms. The largest absolute Gasteiger partial charge is 0.388 e. The van der Waals surface area contributed by atoms with Crippen LogP contribution >= 0.6 is 11.6 Å². The lowest BCUT2D eigenvalue weighted by atomic mass is 9.69. The lowest BCUT2D eigenvalue weighted by molar-refractivity contribution is -0.140. The van der Waals surface area contributed by atoms with E-state index in [1.807, 2.05) is 18.2 Å². The van der Waals surface area contributed by atoms with Gasteiger partial charge >= 0.3 is 0 Å². The summed E-state index contributed by atoms with van der Waals surface area (Å²) in [5.41, 5.74) is 0.347. The number of likely N-dealkylation sites (tertiary alicyclic amines) is 1. The lowest BCUT2D eigenvalue weighted by Crippen LogP contribution is -2.62. The van der Waals surface area contributed by atoms with Crippen LogP contribution in [0.3, 0.4) is 0 Å². The zero-order valence-corrected chi connectivity index (χ0v) is 15.6. The number of hydrogen-bond acceptors (Lipinski definition) is 4. The molecular weight excluding hydrogens is 324 g/mol. The van der Waals surface area contributed by atoms with Gasteiger partial charge in [0.25, 0.3) is 0 Å². The maximum Gasteiger partial charge on any atom is 0.0849 e. The van der Waals surface area contributed by atoms with E-state index in [9.17, 15) is 5.11 Å². The molecule has 24 heavy (non-hydrogen) atoms. The average molecular weight is 353 g/mol. The van der Waals surface area contributed by atoms with Crippen LogP contribution in [0.15, 0.2) is 24.3 Å². The Balaban J connectivity index is 1.64. The molecule has 2 fully saturated rings. The van der Waals surface area contributed by atoms with Crippen LogP contribution in [-0.4, -0.2) is 66.4 Å².